The van der Waals surface area contributed by atoms with E-state index >= 15 is 0 Å². The number of carboxylic acid groups (broad SMARTS) is 1. The summed E-state index contributed by atoms with van der Waals surface area (Å²) in [5, 5.41) is 10.9. The Bertz CT molecular complexity index is 389. The van der Waals surface area contributed by atoms with Crippen LogP contribution in [0.5, 0.6) is 0 Å². The predicted molar refractivity (Wildman–Crippen MR) is 45.1 cm³/mol. The number of rotatable bonds is 2. The molecule has 16 heavy (non-hydrogen) atoms. The molecule has 0 unspecified atom stereocenters. The van der Waals surface area contributed by atoms with Gasteiger partial charge in [-0.05, 0) is 17.7 Å². The summed E-state index contributed by atoms with van der Waals surface area (Å²) in [6.45, 7) is 0. The average molecular weight is 219 g/mol. The zero-order valence-electron chi connectivity index (χ0n) is 8.74. The van der Waals surface area contributed by atoms with Crippen molar-refractivity contribution in [1.29, 1.82) is 0 Å². The minimum absolute atomic E-state index is 0. The van der Waals surface area contributed by atoms with E-state index < -0.39 is 30.1 Å². The molecular weight excluding hydrogens is 211 g/mol. The fourth-order valence-corrected chi connectivity index (χ4v) is 1.97. The molecule has 0 atom stereocenters. The normalized spacial score (nSPS) is 20.4. The Balaban J connectivity index is 0.00000128. The van der Waals surface area contributed by atoms with Gasteiger partial charge in [0.2, 0.25) is 0 Å². The topological polar surface area (TPSA) is 53.0 Å². The van der Waals surface area contributed by atoms with Crippen molar-refractivity contribution < 1.29 is 37.5 Å². The molecule has 1 aromatic rings. The largest absolute Gasteiger partial charge is 1.00 e. The van der Waals surface area contributed by atoms with Crippen molar-refractivity contribution >= 4 is 5.97 Å². The van der Waals surface area contributed by atoms with Gasteiger partial charge in [-0.25, -0.2) is 8.78 Å². The SMILES string of the molecule is O=C([O-])C1(c2ccncc2)CC(F)(F)C1.[Li+]. The van der Waals surface area contributed by atoms with Crippen LogP contribution in [0, 0.1) is 0 Å². The van der Waals surface area contributed by atoms with Crippen LogP contribution in [0.25, 0.3) is 0 Å². The van der Waals surface area contributed by atoms with Crippen molar-refractivity contribution in [2.75, 3.05) is 0 Å². The molecule has 1 aliphatic carbocycles. The second-order valence-corrected chi connectivity index (χ2v) is 3.81. The van der Waals surface area contributed by atoms with E-state index in [1.807, 2.05) is 0 Å². The molecule has 1 aromatic heterocycles. The van der Waals surface area contributed by atoms with Crippen LogP contribution in [0.4, 0.5) is 8.78 Å². The number of carboxylic acids is 1. The second kappa shape index (κ2) is 4.15. The Morgan fingerprint density at radius 1 is 1.31 bits per heavy atom. The number of hydrogen-bond donors (Lipinski definition) is 0. The molecule has 0 saturated heterocycles. The van der Waals surface area contributed by atoms with Crippen LogP contribution in [0.3, 0.4) is 0 Å². The zero-order chi connectivity index (χ0) is 11.1. The van der Waals surface area contributed by atoms with E-state index in [4.69, 9.17) is 0 Å². The van der Waals surface area contributed by atoms with E-state index in [1.54, 1.807) is 0 Å². The molecule has 0 aromatic carbocycles. The number of carbonyl (C=O) groups excluding carboxylic acids is 1. The molecule has 0 N–H and O–H groups in total. The maximum absolute atomic E-state index is 12.8. The zero-order valence-corrected chi connectivity index (χ0v) is 8.74. The van der Waals surface area contributed by atoms with Crippen LogP contribution >= 0.6 is 0 Å². The standard InChI is InChI=1S/C10H9F2NO2.Li/c11-10(12)5-9(6-10,8(14)15)7-1-3-13-4-2-7;/h1-4H,5-6H2,(H,14,15);/q;+1/p-1. The smallest absolute Gasteiger partial charge is 0.549 e. The molecule has 3 nitrogen and oxygen atoms in total. The van der Waals surface area contributed by atoms with Crippen LogP contribution in [-0.2, 0) is 10.2 Å². The number of aliphatic carboxylic acids is 1. The Kier molecular flexibility index (Phi) is 3.41. The maximum atomic E-state index is 12.8. The Labute approximate surface area is 103 Å². The molecule has 0 radical (unpaired) electrons. The molecule has 80 valence electrons. The van der Waals surface area contributed by atoms with Crippen LogP contribution in [0.15, 0.2) is 24.5 Å². The van der Waals surface area contributed by atoms with E-state index in [1.165, 1.54) is 24.5 Å². The summed E-state index contributed by atoms with van der Waals surface area (Å²) >= 11 is 0. The van der Waals surface area contributed by atoms with Gasteiger partial charge < -0.3 is 9.90 Å². The van der Waals surface area contributed by atoms with Gasteiger partial charge in [-0.1, -0.05) is 0 Å². The van der Waals surface area contributed by atoms with Gasteiger partial charge in [0.15, 0.2) is 0 Å². The summed E-state index contributed by atoms with van der Waals surface area (Å²) in [6, 6.07) is 2.87. The van der Waals surface area contributed by atoms with Crippen molar-refractivity contribution in [3.63, 3.8) is 0 Å². The Morgan fingerprint density at radius 3 is 2.19 bits per heavy atom. The van der Waals surface area contributed by atoms with Gasteiger partial charge in [0.05, 0.1) is 5.97 Å². The maximum Gasteiger partial charge on any atom is 1.00 e. The number of carbonyl (C=O) groups is 1. The number of nitrogens with zero attached hydrogens (tertiary/aromatic N) is 1. The summed E-state index contributed by atoms with van der Waals surface area (Å²) < 4.78 is 25.5. The van der Waals surface area contributed by atoms with Gasteiger partial charge in [-0.3, -0.25) is 4.98 Å². The van der Waals surface area contributed by atoms with Crippen LogP contribution in [-0.4, -0.2) is 16.9 Å². The third-order valence-electron chi connectivity index (χ3n) is 2.74. The summed E-state index contributed by atoms with van der Waals surface area (Å²) in [5.74, 6) is -4.34. The van der Waals surface area contributed by atoms with E-state index in [-0.39, 0.29) is 18.9 Å². The molecule has 1 aliphatic rings. The number of hydrogen-bond acceptors (Lipinski definition) is 3. The number of aromatic nitrogens is 1. The average Bonchev–Trinajstić information content (AvgIpc) is 2.14. The van der Waals surface area contributed by atoms with Gasteiger partial charge >= 0.3 is 18.9 Å². The Hall–Kier alpha value is -0.923. The third-order valence-corrected chi connectivity index (χ3v) is 2.74. The van der Waals surface area contributed by atoms with Crippen molar-refractivity contribution in [3.8, 4) is 0 Å². The summed E-state index contributed by atoms with van der Waals surface area (Å²) in [6.07, 6.45) is 1.39. The molecular formula is C10H8F2LiNO2. The minimum atomic E-state index is -2.90. The van der Waals surface area contributed by atoms with Crippen molar-refractivity contribution in [2.45, 2.75) is 24.2 Å². The predicted octanol–water partition coefficient (Wildman–Crippen LogP) is -2.50. The number of pyridine rings is 1. The van der Waals surface area contributed by atoms with Gasteiger partial charge in [0.25, 0.3) is 5.92 Å². The first-order valence-corrected chi connectivity index (χ1v) is 4.46. The first kappa shape index (κ1) is 13.1. The second-order valence-electron chi connectivity index (χ2n) is 3.81. The van der Waals surface area contributed by atoms with E-state index in [2.05, 4.69) is 4.98 Å². The van der Waals surface area contributed by atoms with Crippen LogP contribution in [0.2, 0.25) is 0 Å². The molecule has 0 spiro atoms. The van der Waals surface area contributed by atoms with E-state index in [0.717, 1.165) is 0 Å². The molecule has 1 fully saturated rings. The van der Waals surface area contributed by atoms with E-state index in [0.29, 0.717) is 5.56 Å². The molecule has 0 amide bonds. The van der Waals surface area contributed by atoms with Crippen LogP contribution < -0.4 is 24.0 Å². The van der Waals surface area contributed by atoms with Gasteiger partial charge in [-0.2, -0.15) is 0 Å². The first-order valence-electron chi connectivity index (χ1n) is 4.46. The Morgan fingerprint density at radius 2 is 1.81 bits per heavy atom. The van der Waals surface area contributed by atoms with Crippen molar-refractivity contribution in [1.82, 2.24) is 4.98 Å². The summed E-state index contributed by atoms with van der Waals surface area (Å²) in [4.78, 5) is 14.6. The van der Waals surface area contributed by atoms with Crippen molar-refractivity contribution in [3.05, 3.63) is 30.1 Å². The quantitative estimate of drug-likeness (QED) is 0.517. The minimum Gasteiger partial charge on any atom is -0.549 e. The first-order chi connectivity index (χ1) is 6.96. The van der Waals surface area contributed by atoms with E-state index in [9.17, 15) is 18.7 Å². The molecule has 2 rings (SSSR count). The number of alkyl halides is 2. The summed E-state index contributed by atoms with van der Waals surface area (Å²) in [5.41, 5.74) is -1.20. The fourth-order valence-electron chi connectivity index (χ4n) is 1.97. The monoisotopic (exact) mass is 219 g/mol. The molecule has 6 heteroatoms. The fraction of sp³-hybridized carbons (Fsp3) is 0.400. The molecule has 0 bridgehead atoms. The molecule has 1 heterocycles. The van der Waals surface area contributed by atoms with Gasteiger partial charge in [0, 0.05) is 30.7 Å². The van der Waals surface area contributed by atoms with Crippen LogP contribution in [0.1, 0.15) is 18.4 Å². The molecule has 1 saturated carbocycles. The summed E-state index contributed by atoms with van der Waals surface area (Å²) in [7, 11) is 0. The molecule has 0 aliphatic heterocycles. The van der Waals surface area contributed by atoms with Crippen molar-refractivity contribution in [2.24, 2.45) is 0 Å². The van der Waals surface area contributed by atoms with Gasteiger partial charge in [0.1, 0.15) is 0 Å². The number of halogens is 2. The van der Waals surface area contributed by atoms with Gasteiger partial charge in [-0.15, -0.1) is 0 Å². The third kappa shape index (κ3) is 1.98.